The van der Waals surface area contributed by atoms with Gasteiger partial charge in [-0.25, -0.2) is 0 Å². The van der Waals surface area contributed by atoms with Crippen molar-refractivity contribution >= 4 is 16.5 Å². The van der Waals surface area contributed by atoms with E-state index in [0.29, 0.717) is 18.3 Å². The molecule has 6 heteroatoms. The molecule has 2 aromatic rings. The van der Waals surface area contributed by atoms with Crippen molar-refractivity contribution in [1.82, 2.24) is 10.2 Å². The Morgan fingerprint density at radius 2 is 2.36 bits per heavy atom. The van der Waals surface area contributed by atoms with Crippen LogP contribution in [0.15, 0.2) is 22.8 Å². The molecule has 0 aromatic carbocycles. The van der Waals surface area contributed by atoms with Crippen molar-refractivity contribution in [3.8, 4) is 0 Å². The summed E-state index contributed by atoms with van der Waals surface area (Å²) < 4.78 is 10.4. The lowest BCUT2D eigenvalue weighted by atomic mass is 10.5. The highest BCUT2D eigenvalue weighted by Gasteiger charge is 2.01. The highest BCUT2D eigenvalue weighted by Crippen LogP contribution is 2.12. The minimum absolute atomic E-state index is 0.412. The zero-order valence-electron chi connectivity index (χ0n) is 7.34. The van der Waals surface area contributed by atoms with Gasteiger partial charge in [-0.2, -0.15) is 0 Å². The number of nitrogens with two attached hydrogens (primary N) is 1. The van der Waals surface area contributed by atoms with E-state index in [1.165, 1.54) is 11.3 Å². The largest absolute Gasteiger partial charge is 0.467 e. The van der Waals surface area contributed by atoms with E-state index in [9.17, 15) is 0 Å². The van der Waals surface area contributed by atoms with Gasteiger partial charge >= 0.3 is 0 Å². The molecule has 14 heavy (non-hydrogen) atoms. The van der Waals surface area contributed by atoms with Crippen LogP contribution in [-0.4, -0.2) is 10.2 Å². The number of hydrogen-bond donors (Lipinski definition) is 1. The van der Waals surface area contributed by atoms with Crippen LogP contribution < -0.4 is 5.73 Å². The van der Waals surface area contributed by atoms with Crippen molar-refractivity contribution < 1.29 is 9.15 Å². The quantitative estimate of drug-likeness (QED) is 0.828. The molecule has 0 saturated heterocycles. The Kier molecular flexibility index (Phi) is 2.76. The first-order valence-electron chi connectivity index (χ1n) is 4.02. The summed E-state index contributed by atoms with van der Waals surface area (Å²) in [4.78, 5) is 0. The Labute approximate surface area is 84.5 Å². The Hall–Kier alpha value is -1.40. The molecule has 2 N–H and O–H groups in total. The van der Waals surface area contributed by atoms with Crippen molar-refractivity contribution in [1.29, 1.82) is 0 Å². The maximum Gasteiger partial charge on any atom is 0.203 e. The average Bonchev–Trinajstić information content (AvgIpc) is 2.77. The maximum atomic E-state index is 5.42. The standard InChI is InChI=1S/C8H9N3O2S/c9-8-11-10-7(14-8)5-12-4-6-2-1-3-13-6/h1-3H,4-5H2,(H2,9,11). The second-order valence-electron chi connectivity index (χ2n) is 2.61. The summed E-state index contributed by atoms with van der Waals surface area (Å²) in [5.41, 5.74) is 5.42. The van der Waals surface area contributed by atoms with E-state index in [-0.39, 0.29) is 0 Å². The molecular weight excluding hydrogens is 202 g/mol. The molecule has 0 fully saturated rings. The Morgan fingerprint density at radius 3 is 3.00 bits per heavy atom. The van der Waals surface area contributed by atoms with Crippen LogP contribution in [-0.2, 0) is 18.0 Å². The van der Waals surface area contributed by atoms with Crippen molar-refractivity contribution in [3.63, 3.8) is 0 Å². The van der Waals surface area contributed by atoms with E-state index >= 15 is 0 Å². The van der Waals surface area contributed by atoms with Crippen LogP contribution in [0.4, 0.5) is 5.13 Å². The van der Waals surface area contributed by atoms with E-state index in [4.69, 9.17) is 14.9 Å². The zero-order valence-corrected chi connectivity index (χ0v) is 8.16. The second kappa shape index (κ2) is 4.21. The lowest BCUT2D eigenvalue weighted by Gasteiger charge is -1.97. The molecule has 0 aliphatic heterocycles. The number of nitrogens with zero attached hydrogens (tertiary/aromatic N) is 2. The van der Waals surface area contributed by atoms with Gasteiger partial charge in [0.05, 0.1) is 6.26 Å². The fraction of sp³-hybridized carbons (Fsp3) is 0.250. The average molecular weight is 211 g/mol. The van der Waals surface area contributed by atoms with Crippen molar-refractivity contribution in [3.05, 3.63) is 29.2 Å². The van der Waals surface area contributed by atoms with Crippen LogP contribution in [0.1, 0.15) is 10.8 Å². The molecule has 0 amide bonds. The molecule has 2 rings (SSSR count). The van der Waals surface area contributed by atoms with Gasteiger partial charge in [-0.1, -0.05) is 11.3 Å². The van der Waals surface area contributed by atoms with Crippen LogP contribution in [0.3, 0.4) is 0 Å². The topological polar surface area (TPSA) is 74.2 Å². The highest BCUT2D eigenvalue weighted by atomic mass is 32.1. The summed E-state index contributed by atoms with van der Waals surface area (Å²) in [7, 11) is 0. The Balaban J connectivity index is 1.78. The van der Waals surface area contributed by atoms with Crippen LogP contribution in [0.2, 0.25) is 0 Å². The third-order valence-electron chi connectivity index (χ3n) is 1.53. The molecule has 0 aliphatic carbocycles. The normalized spacial score (nSPS) is 10.6. The summed E-state index contributed by atoms with van der Waals surface area (Å²) in [5, 5.41) is 8.73. The van der Waals surface area contributed by atoms with Gasteiger partial charge in [-0.3, -0.25) is 0 Å². The molecule has 0 bridgehead atoms. The molecular formula is C8H9N3O2S. The zero-order chi connectivity index (χ0) is 9.80. The van der Waals surface area contributed by atoms with Gasteiger partial charge in [0.1, 0.15) is 24.0 Å². The fourth-order valence-corrected chi connectivity index (χ4v) is 1.51. The smallest absolute Gasteiger partial charge is 0.203 e. The molecule has 0 atom stereocenters. The van der Waals surface area contributed by atoms with E-state index in [1.807, 2.05) is 12.1 Å². The Bertz CT molecular complexity index is 385. The molecule has 5 nitrogen and oxygen atoms in total. The van der Waals surface area contributed by atoms with Crippen LogP contribution in [0, 0.1) is 0 Å². The molecule has 0 unspecified atom stereocenters. The minimum Gasteiger partial charge on any atom is -0.467 e. The van der Waals surface area contributed by atoms with Crippen molar-refractivity contribution in [2.24, 2.45) is 0 Å². The molecule has 0 radical (unpaired) electrons. The molecule has 0 spiro atoms. The van der Waals surface area contributed by atoms with Gasteiger partial charge < -0.3 is 14.9 Å². The first-order valence-corrected chi connectivity index (χ1v) is 4.84. The van der Waals surface area contributed by atoms with Gasteiger partial charge in [0.2, 0.25) is 5.13 Å². The summed E-state index contributed by atoms with van der Waals surface area (Å²) in [5.74, 6) is 0.794. The SMILES string of the molecule is Nc1nnc(COCc2ccco2)s1. The number of nitrogen functional groups attached to an aromatic ring is 1. The predicted octanol–water partition coefficient (Wildman–Crippen LogP) is 1.43. The second-order valence-corrected chi connectivity index (χ2v) is 3.70. The lowest BCUT2D eigenvalue weighted by Crippen LogP contribution is -1.92. The first-order chi connectivity index (χ1) is 6.84. The summed E-state index contributed by atoms with van der Waals surface area (Å²) in [6.45, 7) is 0.849. The number of rotatable bonds is 4. The van der Waals surface area contributed by atoms with Gasteiger partial charge in [-0.05, 0) is 12.1 Å². The molecule has 74 valence electrons. The van der Waals surface area contributed by atoms with Crippen molar-refractivity contribution in [2.75, 3.05) is 5.73 Å². The van der Waals surface area contributed by atoms with E-state index in [2.05, 4.69) is 10.2 Å². The monoisotopic (exact) mass is 211 g/mol. The van der Waals surface area contributed by atoms with E-state index in [1.54, 1.807) is 6.26 Å². The summed E-state index contributed by atoms with van der Waals surface area (Å²) in [6.07, 6.45) is 1.61. The number of furan rings is 1. The van der Waals surface area contributed by atoms with E-state index in [0.717, 1.165) is 10.8 Å². The van der Waals surface area contributed by atoms with Crippen LogP contribution in [0.5, 0.6) is 0 Å². The number of hydrogen-bond acceptors (Lipinski definition) is 6. The third-order valence-corrected chi connectivity index (χ3v) is 2.26. The minimum atomic E-state index is 0.412. The maximum absolute atomic E-state index is 5.42. The van der Waals surface area contributed by atoms with Gasteiger partial charge in [0, 0.05) is 0 Å². The summed E-state index contributed by atoms with van der Waals surface area (Å²) in [6, 6.07) is 3.68. The molecule has 0 saturated carbocycles. The number of anilines is 1. The van der Waals surface area contributed by atoms with Crippen LogP contribution >= 0.6 is 11.3 Å². The third kappa shape index (κ3) is 2.30. The molecule has 2 heterocycles. The van der Waals surface area contributed by atoms with Gasteiger partial charge in [-0.15, -0.1) is 10.2 Å². The highest BCUT2D eigenvalue weighted by molar-refractivity contribution is 7.15. The first kappa shape index (κ1) is 9.17. The predicted molar refractivity (Wildman–Crippen MR) is 51.5 cm³/mol. The number of ether oxygens (including phenoxy) is 1. The lowest BCUT2D eigenvalue weighted by molar-refractivity contribution is 0.0924. The molecule has 0 aliphatic rings. The molecule has 2 aromatic heterocycles. The van der Waals surface area contributed by atoms with E-state index < -0.39 is 0 Å². The fourth-order valence-electron chi connectivity index (χ4n) is 0.959. The van der Waals surface area contributed by atoms with Gasteiger partial charge in [0.25, 0.3) is 0 Å². The summed E-state index contributed by atoms with van der Waals surface area (Å²) >= 11 is 1.32. The van der Waals surface area contributed by atoms with Crippen molar-refractivity contribution in [2.45, 2.75) is 13.2 Å². The Morgan fingerprint density at radius 1 is 1.43 bits per heavy atom. The van der Waals surface area contributed by atoms with Gasteiger partial charge in [0.15, 0.2) is 0 Å². The van der Waals surface area contributed by atoms with Crippen LogP contribution in [0.25, 0.3) is 0 Å². The number of aromatic nitrogens is 2.